The SMILES string of the molecule is CN=C(NCCNC(=O)c1scnc1C)NCC1Cc2ccccc2O1.I. The molecule has 1 aromatic heterocycles. The van der Waals surface area contributed by atoms with Gasteiger partial charge in [0, 0.05) is 26.6 Å². The van der Waals surface area contributed by atoms with Crippen LogP contribution in [0.1, 0.15) is 20.9 Å². The number of nitrogens with zero attached hydrogens (tertiary/aromatic N) is 2. The molecule has 2 aromatic rings. The highest BCUT2D eigenvalue weighted by Crippen LogP contribution is 2.27. The highest BCUT2D eigenvalue weighted by Gasteiger charge is 2.22. The predicted molar refractivity (Wildman–Crippen MR) is 119 cm³/mol. The van der Waals surface area contributed by atoms with Gasteiger partial charge in [0.05, 0.1) is 17.7 Å². The Kier molecular flexibility index (Phi) is 8.29. The molecule has 0 saturated heterocycles. The van der Waals surface area contributed by atoms with Crippen LogP contribution >= 0.6 is 35.3 Å². The third-order valence-electron chi connectivity index (χ3n) is 4.09. The molecule has 7 nitrogen and oxygen atoms in total. The molecule has 0 radical (unpaired) electrons. The number of ether oxygens (including phenoxy) is 1. The van der Waals surface area contributed by atoms with Crippen LogP contribution in [0.15, 0.2) is 34.8 Å². The van der Waals surface area contributed by atoms with Crippen LogP contribution in [-0.2, 0) is 6.42 Å². The lowest BCUT2D eigenvalue weighted by Gasteiger charge is -2.15. The minimum absolute atomic E-state index is 0. The van der Waals surface area contributed by atoms with Gasteiger partial charge in [-0.3, -0.25) is 9.79 Å². The van der Waals surface area contributed by atoms with Crippen molar-refractivity contribution in [1.82, 2.24) is 20.9 Å². The molecule has 3 rings (SSSR count). The summed E-state index contributed by atoms with van der Waals surface area (Å²) in [5.74, 6) is 1.56. The number of aliphatic imine (C=N–C) groups is 1. The number of fused-ring (bicyclic) bond motifs is 1. The Balaban J connectivity index is 0.00000261. The van der Waals surface area contributed by atoms with Gasteiger partial charge < -0.3 is 20.7 Å². The Morgan fingerprint density at radius 2 is 2.07 bits per heavy atom. The fourth-order valence-electron chi connectivity index (χ4n) is 2.76. The van der Waals surface area contributed by atoms with Gasteiger partial charge >= 0.3 is 0 Å². The topological polar surface area (TPSA) is 87.6 Å². The monoisotopic (exact) mass is 501 g/mol. The maximum absolute atomic E-state index is 12.0. The maximum Gasteiger partial charge on any atom is 0.263 e. The number of thiazole rings is 1. The molecule has 0 bridgehead atoms. The molecule has 0 fully saturated rings. The number of hydrogen-bond acceptors (Lipinski definition) is 5. The first kappa shape index (κ1) is 21.4. The van der Waals surface area contributed by atoms with E-state index in [1.807, 2.05) is 25.1 Å². The lowest BCUT2D eigenvalue weighted by Crippen LogP contribution is -2.44. The van der Waals surface area contributed by atoms with Crippen molar-refractivity contribution in [3.8, 4) is 5.75 Å². The first-order valence-corrected chi connectivity index (χ1v) is 9.42. The zero-order chi connectivity index (χ0) is 18.4. The van der Waals surface area contributed by atoms with E-state index >= 15 is 0 Å². The summed E-state index contributed by atoms with van der Waals surface area (Å²) < 4.78 is 5.90. The summed E-state index contributed by atoms with van der Waals surface area (Å²) in [5, 5.41) is 9.33. The predicted octanol–water partition coefficient (Wildman–Crippen LogP) is 1.97. The average Bonchev–Trinajstić information content (AvgIpc) is 3.26. The summed E-state index contributed by atoms with van der Waals surface area (Å²) in [6, 6.07) is 8.10. The summed E-state index contributed by atoms with van der Waals surface area (Å²) in [4.78, 5) is 21.0. The number of carbonyl (C=O) groups is 1. The van der Waals surface area contributed by atoms with Gasteiger partial charge in [-0.05, 0) is 18.6 Å². The zero-order valence-electron chi connectivity index (χ0n) is 15.3. The van der Waals surface area contributed by atoms with Crippen LogP contribution in [0, 0.1) is 6.92 Å². The number of rotatable bonds is 6. The van der Waals surface area contributed by atoms with E-state index in [1.165, 1.54) is 16.9 Å². The van der Waals surface area contributed by atoms with Crippen LogP contribution in [0.4, 0.5) is 0 Å². The first-order chi connectivity index (χ1) is 12.7. The molecule has 1 aromatic carbocycles. The van der Waals surface area contributed by atoms with Crippen molar-refractivity contribution in [2.45, 2.75) is 19.4 Å². The van der Waals surface area contributed by atoms with Crippen molar-refractivity contribution in [3.05, 3.63) is 45.9 Å². The van der Waals surface area contributed by atoms with E-state index in [0.29, 0.717) is 30.5 Å². The molecule has 1 aliphatic rings. The quantitative estimate of drug-likeness (QED) is 0.244. The van der Waals surface area contributed by atoms with Gasteiger partial charge in [0.2, 0.25) is 0 Å². The maximum atomic E-state index is 12.0. The molecule has 146 valence electrons. The Bertz CT molecular complexity index is 771. The number of benzene rings is 1. The molecule has 27 heavy (non-hydrogen) atoms. The van der Waals surface area contributed by atoms with Gasteiger partial charge in [-0.25, -0.2) is 4.98 Å². The number of aromatic nitrogens is 1. The smallest absolute Gasteiger partial charge is 0.263 e. The summed E-state index contributed by atoms with van der Waals surface area (Å²) in [7, 11) is 1.72. The van der Waals surface area contributed by atoms with Crippen molar-refractivity contribution in [1.29, 1.82) is 0 Å². The zero-order valence-corrected chi connectivity index (χ0v) is 18.5. The highest BCUT2D eigenvalue weighted by atomic mass is 127. The van der Waals surface area contributed by atoms with Gasteiger partial charge in [0.25, 0.3) is 5.91 Å². The van der Waals surface area contributed by atoms with Crippen LogP contribution in [0.3, 0.4) is 0 Å². The fourth-order valence-corrected chi connectivity index (χ4v) is 3.47. The number of para-hydroxylation sites is 1. The second kappa shape index (κ2) is 10.5. The van der Waals surface area contributed by atoms with Gasteiger partial charge in [0.1, 0.15) is 16.7 Å². The minimum atomic E-state index is -0.0909. The van der Waals surface area contributed by atoms with Gasteiger partial charge in [-0.1, -0.05) is 18.2 Å². The molecule has 0 aliphatic carbocycles. The molecule has 0 saturated carbocycles. The number of nitrogens with one attached hydrogen (secondary N) is 3. The minimum Gasteiger partial charge on any atom is -0.488 e. The molecule has 1 atom stereocenters. The largest absolute Gasteiger partial charge is 0.488 e. The second-order valence-electron chi connectivity index (χ2n) is 5.95. The Labute approximate surface area is 180 Å². The van der Waals surface area contributed by atoms with E-state index in [1.54, 1.807) is 12.6 Å². The van der Waals surface area contributed by atoms with Gasteiger partial charge in [-0.15, -0.1) is 35.3 Å². The summed E-state index contributed by atoms with van der Waals surface area (Å²) in [6.07, 6.45) is 0.990. The van der Waals surface area contributed by atoms with E-state index in [0.717, 1.165) is 17.9 Å². The molecule has 2 heterocycles. The van der Waals surface area contributed by atoms with Crippen molar-refractivity contribution in [2.24, 2.45) is 4.99 Å². The number of carbonyl (C=O) groups excluding carboxylic acids is 1. The van der Waals surface area contributed by atoms with Crippen molar-refractivity contribution in [2.75, 3.05) is 26.7 Å². The third-order valence-corrected chi connectivity index (χ3v) is 5.02. The molecule has 1 aliphatic heterocycles. The number of hydrogen-bond donors (Lipinski definition) is 3. The molecule has 1 unspecified atom stereocenters. The molecule has 1 amide bonds. The van der Waals surface area contributed by atoms with Crippen LogP contribution < -0.4 is 20.7 Å². The average molecular weight is 501 g/mol. The second-order valence-corrected chi connectivity index (χ2v) is 6.81. The number of aryl methyl sites for hydroxylation is 1. The van der Waals surface area contributed by atoms with E-state index in [2.05, 4.69) is 32.0 Å². The Hall–Kier alpha value is -1.88. The summed E-state index contributed by atoms with van der Waals surface area (Å²) in [6.45, 7) is 3.58. The standard InChI is InChI=1S/C18H23N5O2S.HI/c1-12-16(26-11-23-12)17(24)20-7-8-21-18(19-2)22-10-14-9-13-5-3-4-6-15(13)25-14;/h3-6,11,14H,7-10H2,1-2H3,(H,20,24)(H2,19,21,22);1H. The third kappa shape index (κ3) is 5.80. The van der Waals surface area contributed by atoms with E-state index in [4.69, 9.17) is 4.74 Å². The molecule has 9 heteroatoms. The van der Waals surface area contributed by atoms with Gasteiger partial charge in [-0.2, -0.15) is 0 Å². The van der Waals surface area contributed by atoms with E-state index in [9.17, 15) is 4.79 Å². The fraction of sp³-hybridized carbons (Fsp3) is 0.389. The van der Waals surface area contributed by atoms with Crippen LogP contribution in [0.2, 0.25) is 0 Å². The Morgan fingerprint density at radius 1 is 1.30 bits per heavy atom. The van der Waals surface area contributed by atoms with Crippen molar-refractivity contribution >= 4 is 47.2 Å². The highest BCUT2D eigenvalue weighted by molar-refractivity contribution is 14.0. The van der Waals surface area contributed by atoms with Crippen molar-refractivity contribution in [3.63, 3.8) is 0 Å². The van der Waals surface area contributed by atoms with Crippen LogP contribution in [0.5, 0.6) is 5.75 Å². The summed E-state index contributed by atoms with van der Waals surface area (Å²) in [5.41, 5.74) is 3.68. The molecule has 3 N–H and O–H groups in total. The lowest BCUT2D eigenvalue weighted by atomic mass is 10.1. The number of halogens is 1. The van der Waals surface area contributed by atoms with Crippen LogP contribution in [0.25, 0.3) is 0 Å². The van der Waals surface area contributed by atoms with E-state index < -0.39 is 0 Å². The lowest BCUT2D eigenvalue weighted by molar-refractivity contribution is 0.0957. The first-order valence-electron chi connectivity index (χ1n) is 8.54. The van der Waals surface area contributed by atoms with Crippen LogP contribution in [-0.4, -0.2) is 49.6 Å². The molecular weight excluding hydrogens is 477 g/mol. The van der Waals surface area contributed by atoms with E-state index in [-0.39, 0.29) is 36.0 Å². The number of guanidine groups is 1. The van der Waals surface area contributed by atoms with Gasteiger partial charge in [0.15, 0.2) is 5.96 Å². The molecular formula is C18H24IN5O2S. The summed E-state index contributed by atoms with van der Waals surface area (Å²) >= 11 is 1.35. The molecule has 0 spiro atoms. The number of amides is 1. The Morgan fingerprint density at radius 3 is 2.78 bits per heavy atom. The normalized spacial score (nSPS) is 15.3. The van der Waals surface area contributed by atoms with Crippen molar-refractivity contribution < 1.29 is 9.53 Å².